The van der Waals surface area contributed by atoms with E-state index in [1.165, 1.54) is 12.3 Å². The lowest BCUT2D eigenvalue weighted by molar-refractivity contribution is -0.275. The monoisotopic (exact) mass is 337 g/mol. The van der Waals surface area contributed by atoms with E-state index >= 15 is 0 Å². The van der Waals surface area contributed by atoms with Crippen LogP contribution in [0.5, 0.6) is 5.75 Å². The molecular formula is C7H4ClF3INO. The van der Waals surface area contributed by atoms with Crippen LogP contribution < -0.4 is 4.74 Å². The molecule has 1 heterocycles. The first-order valence-electron chi connectivity index (χ1n) is 3.39. The van der Waals surface area contributed by atoms with Gasteiger partial charge in [0.2, 0.25) is 0 Å². The number of ether oxygens (including phenoxy) is 1. The molecule has 2 nitrogen and oxygen atoms in total. The Morgan fingerprint density at radius 2 is 2.14 bits per heavy atom. The standard InChI is InChI=1S/C7H4ClF3INO/c8-3-4-1-2-13-6(12)5(4)14-7(9,10)11/h1-2H,3H2. The predicted octanol–water partition coefficient (Wildman–Crippen LogP) is 3.32. The Bertz CT molecular complexity index is 331. The minimum absolute atomic E-state index is 0.0517. The number of aromatic nitrogens is 1. The lowest BCUT2D eigenvalue weighted by Crippen LogP contribution is -2.19. The highest BCUT2D eigenvalue weighted by molar-refractivity contribution is 14.1. The average Bonchev–Trinajstić information content (AvgIpc) is 2.06. The second-order valence-corrected chi connectivity index (χ2v) is 3.56. The zero-order valence-corrected chi connectivity index (χ0v) is 9.52. The maximum absolute atomic E-state index is 11.9. The molecule has 0 radical (unpaired) electrons. The van der Waals surface area contributed by atoms with E-state index in [0.29, 0.717) is 0 Å². The third-order valence-electron chi connectivity index (χ3n) is 1.30. The van der Waals surface area contributed by atoms with Gasteiger partial charge in [-0.2, -0.15) is 0 Å². The highest BCUT2D eigenvalue weighted by atomic mass is 127. The third-order valence-corrected chi connectivity index (χ3v) is 2.36. The summed E-state index contributed by atoms with van der Waals surface area (Å²) in [6, 6.07) is 1.39. The van der Waals surface area contributed by atoms with Crippen molar-refractivity contribution in [3.63, 3.8) is 0 Å². The molecule has 7 heteroatoms. The number of rotatable bonds is 2. The van der Waals surface area contributed by atoms with Crippen molar-refractivity contribution >= 4 is 34.2 Å². The Hall–Kier alpha value is -0.240. The zero-order chi connectivity index (χ0) is 10.8. The Kier molecular flexibility index (Phi) is 3.82. The van der Waals surface area contributed by atoms with Crippen molar-refractivity contribution in [1.82, 2.24) is 4.98 Å². The van der Waals surface area contributed by atoms with Gasteiger partial charge in [-0.05, 0) is 28.7 Å². The molecule has 0 unspecified atom stereocenters. The molecular weight excluding hydrogens is 333 g/mol. The second kappa shape index (κ2) is 4.52. The molecule has 0 atom stereocenters. The molecule has 0 amide bonds. The summed E-state index contributed by atoms with van der Waals surface area (Å²) in [5.41, 5.74) is 0.267. The summed E-state index contributed by atoms with van der Waals surface area (Å²) in [5.74, 6) is -0.375. The van der Waals surface area contributed by atoms with Crippen molar-refractivity contribution in [1.29, 1.82) is 0 Å². The van der Waals surface area contributed by atoms with Gasteiger partial charge in [0.1, 0.15) is 3.70 Å². The van der Waals surface area contributed by atoms with E-state index in [4.69, 9.17) is 11.6 Å². The second-order valence-electron chi connectivity index (χ2n) is 2.27. The van der Waals surface area contributed by atoms with Gasteiger partial charge in [0.15, 0.2) is 5.75 Å². The minimum atomic E-state index is -4.72. The van der Waals surface area contributed by atoms with Crippen LogP contribution in [0.4, 0.5) is 13.2 Å². The lowest BCUT2D eigenvalue weighted by Gasteiger charge is -2.12. The predicted molar refractivity (Wildman–Crippen MR) is 53.2 cm³/mol. The molecule has 1 aromatic heterocycles. The van der Waals surface area contributed by atoms with Gasteiger partial charge in [-0.1, -0.05) is 0 Å². The van der Waals surface area contributed by atoms with Crippen molar-refractivity contribution < 1.29 is 17.9 Å². The largest absolute Gasteiger partial charge is 0.573 e. The first-order chi connectivity index (χ1) is 6.44. The molecule has 0 bridgehead atoms. The number of hydrogen-bond donors (Lipinski definition) is 0. The van der Waals surface area contributed by atoms with Gasteiger partial charge in [0.25, 0.3) is 0 Å². The molecule has 0 aliphatic rings. The summed E-state index contributed by atoms with van der Waals surface area (Å²) in [5, 5.41) is 0. The maximum Gasteiger partial charge on any atom is 0.573 e. The Morgan fingerprint density at radius 3 is 2.64 bits per heavy atom. The number of halogens is 5. The smallest absolute Gasteiger partial charge is 0.403 e. The molecule has 0 fully saturated rings. The molecule has 0 aliphatic heterocycles. The van der Waals surface area contributed by atoms with Crippen molar-refractivity contribution in [3.05, 3.63) is 21.5 Å². The Labute approximate surface area is 96.6 Å². The summed E-state index contributed by atoms with van der Waals surface area (Å²) < 4.78 is 39.8. The van der Waals surface area contributed by atoms with E-state index in [0.717, 1.165) is 0 Å². The fraction of sp³-hybridized carbons (Fsp3) is 0.286. The molecule has 0 N–H and O–H groups in total. The van der Waals surface area contributed by atoms with Gasteiger partial charge in [-0.15, -0.1) is 24.8 Å². The first-order valence-corrected chi connectivity index (χ1v) is 5.00. The number of pyridine rings is 1. The van der Waals surface area contributed by atoms with Crippen LogP contribution in [0.1, 0.15) is 5.56 Å². The van der Waals surface area contributed by atoms with Gasteiger partial charge in [0, 0.05) is 11.8 Å². The fourth-order valence-electron chi connectivity index (χ4n) is 0.788. The summed E-state index contributed by atoms with van der Waals surface area (Å²) >= 11 is 7.11. The molecule has 1 rings (SSSR count). The SMILES string of the molecule is FC(F)(F)Oc1c(CCl)ccnc1I. The fourth-order valence-corrected chi connectivity index (χ4v) is 1.62. The van der Waals surface area contributed by atoms with Gasteiger partial charge in [-0.25, -0.2) is 4.98 Å². The summed E-state index contributed by atoms with van der Waals surface area (Å²) in [6.45, 7) is 0. The summed E-state index contributed by atoms with van der Waals surface area (Å²) in [4.78, 5) is 3.67. The van der Waals surface area contributed by atoms with E-state index in [2.05, 4.69) is 9.72 Å². The first kappa shape index (κ1) is 11.8. The topological polar surface area (TPSA) is 22.1 Å². The molecule has 0 spiro atoms. The zero-order valence-electron chi connectivity index (χ0n) is 6.61. The molecule has 0 aliphatic carbocycles. The highest BCUT2D eigenvalue weighted by Gasteiger charge is 2.33. The molecule has 1 aromatic rings. The van der Waals surface area contributed by atoms with Gasteiger partial charge < -0.3 is 4.74 Å². The third kappa shape index (κ3) is 3.16. The van der Waals surface area contributed by atoms with Crippen LogP contribution in [0.15, 0.2) is 12.3 Å². The molecule has 0 saturated heterocycles. The van der Waals surface area contributed by atoms with Crippen LogP contribution in [0.25, 0.3) is 0 Å². The Morgan fingerprint density at radius 1 is 1.50 bits per heavy atom. The molecule has 78 valence electrons. The van der Waals surface area contributed by atoms with Gasteiger partial charge in [-0.3, -0.25) is 0 Å². The quantitative estimate of drug-likeness (QED) is 0.469. The van der Waals surface area contributed by atoms with Crippen LogP contribution >= 0.6 is 34.2 Å². The van der Waals surface area contributed by atoms with Crippen molar-refractivity contribution in [2.75, 3.05) is 0 Å². The van der Waals surface area contributed by atoms with E-state index < -0.39 is 6.36 Å². The van der Waals surface area contributed by atoms with Crippen molar-refractivity contribution in [2.45, 2.75) is 12.2 Å². The van der Waals surface area contributed by atoms with Gasteiger partial charge >= 0.3 is 6.36 Å². The molecule has 0 aromatic carbocycles. The Balaban J connectivity index is 3.05. The van der Waals surface area contributed by atoms with E-state index in [9.17, 15) is 13.2 Å². The van der Waals surface area contributed by atoms with Crippen LogP contribution in [-0.2, 0) is 5.88 Å². The van der Waals surface area contributed by atoms with Crippen LogP contribution in [0.2, 0.25) is 0 Å². The van der Waals surface area contributed by atoms with E-state index in [1.807, 2.05) is 0 Å². The van der Waals surface area contributed by atoms with Gasteiger partial charge in [0.05, 0.1) is 5.88 Å². The van der Waals surface area contributed by atoms with Crippen LogP contribution in [-0.4, -0.2) is 11.3 Å². The highest BCUT2D eigenvalue weighted by Crippen LogP contribution is 2.30. The average molecular weight is 337 g/mol. The summed E-state index contributed by atoms with van der Waals surface area (Å²) in [7, 11) is 0. The normalized spacial score (nSPS) is 11.5. The van der Waals surface area contributed by atoms with Crippen molar-refractivity contribution in [3.8, 4) is 5.75 Å². The lowest BCUT2D eigenvalue weighted by atomic mass is 10.3. The maximum atomic E-state index is 11.9. The molecule has 0 saturated carbocycles. The number of hydrogen-bond acceptors (Lipinski definition) is 2. The summed E-state index contributed by atoms with van der Waals surface area (Å²) in [6.07, 6.45) is -3.34. The molecule has 14 heavy (non-hydrogen) atoms. The van der Waals surface area contributed by atoms with E-state index in [1.54, 1.807) is 22.6 Å². The van der Waals surface area contributed by atoms with Crippen LogP contribution in [0.3, 0.4) is 0 Å². The number of nitrogens with zero attached hydrogens (tertiary/aromatic N) is 1. The van der Waals surface area contributed by atoms with Crippen LogP contribution in [0, 0.1) is 3.70 Å². The minimum Gasteiger partial charge on any atom is -0.403 e. The van der Waals surface area contributed by atoms with Crippen molar-refractivity contribution in [2.24, 2.45) is 0 Å². The van der Waals surface area contributed by atoms with E-state index in [-0.39, 0.29) is 20.9 Å². The number of alkyl halides is 4.